The van der Waals surface area contributed by atoms with E-state index in [9.17, 15) is 71.2 Å². The van der Waals surface area contributed by atoms with Crippen molar-refractivity contribution in [1.82, 2.24) is 0 Å². The predicted molar refractivity (Wildman–Crippen MR) is 233 cm³/mol. The van der Waals surface area contributed by atoms with Gasteiger partial charge in [-0.05, 0) is 91.8 Å². The van der Waals surface area contributed by atoms with Crippen LogP contribution >= 0.6 is 0 Å². The zero-order valence-electron chi connectivity index (χ0n) is 40.2. The number of fused-ring (bicyclic) bond motifs is 7. The molecule has 0 spiro atoms. The Morgan fingerprint density at radius 1 is 0.676 bits per heavy atom. The van der Waals surface area contributed by atoms with Crippen molar-refractivity contribution in [3.8, 4) is 0 Å². The summed E-state index contributed by atoms with van der Waals surface area (Å²) in [5.74, 6) is -1.51. The molecule has 0 aromatic rings. The smallest absolute Gasteiger partial charge is 0.315 e. The Kier molecular flexibility index (Phi) is 14.3. The summed E-state index contributed by atoms with van der Waals surface area (Å²) >= 11 is 0. The molecule has 0 aromatic carbocycles. The molecule has 5 aliphatic carbocycles. The summed E-state index contributed by atoms with van der Waals surface area (Å²) in [6.07, 6.45) is -21.7. The molecule has 0 aromatic heterocycles. The molecule has 3 saturated heterocycles. The Labute approximate surface area is 396 Å². The first kappa shape index (κ1) is 52.8. The number of rotatable bonds is 9. The van der Waals surface area contributed by atoms with Gasteiger partial charge in [-0.15, -0.1) is 0 Å². The lowest BCUT2D eigenvalue weighted by Gasteiger charge is -2.72. The molecule has 26 atom stereocenters. The van der Waals surface area contributed by atoms with Gasteiger partial charge in [-0.3, -0.25) is 4.79 Å². The third kappa shape index (κ3) is 8.07. The number of hydrogen-bond donors (Lipinski definition) is 13. The van der Waals surface area contributed by atoms with E-state index in [0.29, 0.717) is 44.9 Å². The van der Waals surface area contributed by atoms with E-state index < -0.39 is 169 Å². The van der Waals surface area contributed by atoms with Gasteiger partial charge in [0.2, 0.25) is 6.29 Å². The summed E-state index contributed by atoms with van der Waals surface area (Å²) in [6, 6.07) is 0. The number of esters is 1. The zero-order valence-corrected chi connectivity index (χ0v) is 40.2. The number of ether oxygens (including phenoxy) is 6. The topological polar surface area (TPSA) is 335 Å². The highest BCUT2D eigenvalue weighted by atomic mass is 16.8. The molecule has 11 unspecified atom stereocenters. The lowest BCUT2D eigenvalue weighted by Crippen LogP contribution is -2.71. The number of hydrogen-bond acceptors (Lipinski definition) is 20. The SMILES string of the molecule is C[C@@H]1O[C@@H](O[C@@H]2[C@@H](O)[C@H](O)[C@@H](OC[C@@H]3O[C@H](OC(=O)C45CCC(C)(C)CC4C4=CCC6C7(C)CC(O)C(O)C(C)(CO)C7C(O)CC6(C)C4(C)CC5)[C@@H](O)[C@H](O)[C@H]3O)O[C@H]2CO)[C@@H](O)[C@@H](O)[C@@H]1O. The van der Waals surface area contributed by atoms with Gasteiger partial charge in [0.25, 0.3) is 0 Å². The van der Waals surface area contributed by atoms with Crippen molar-refractivity contribution in [3.63, 3.8) is 0 Å². The zero-order chi connectivity index (χ0) is 50.0. The molecule has 7 fully saturated rings. The molecule has 390 valence electrons. The Bertz CT molecular complexity index is 1870. The average molecular weight is 975 g/mol. The fourth-order valence-corrected chi connectivity index (χ4v) is 15.1. The molecular weight excluding hydrogens is 897 g/mol. The Morgan fingerprint density at radius 2 is 1.29 bits per heavy atom. The average Bonchev–Trinajstić information content (AvgIpc) is 3.28. The lowest BCUT2D eigenvalue weighted by molar-refractivity contribution is -0.361. The molecule has 68 heavy (non-hydrogen) atoms. The summed E-state index contributed by atoms with van der Waals surface area (Å²) in [5, 5.41) is 142. The van der Waals surface area contributed by atoms with E-state index in [2.05, 4.69) is 40.7 Å². The Hall–Kier alpha value is -1.51. The van der Waals surface area contributed by atoms with Crippen molar-refractivity contribution in [2.75, 3.05) is 19.8 Å². The maximum atomic E-state index is 15.0. The molecule has 4 saturated carbocycles. The highest BCUT2D eigenvalue weighted by Crippen LogP contribution is 2.76. The van der Waals surface area contributed by atoms with Crippen LogP contribution in [0.1, 0.15) is 99.8 Å². The molecule has 0 radical (unpaired) electrons. The van der Waals surface area contributed by atoms with Crippen LogP contribution in [0.2, 0.25) is 0 Å². The second-order valence-corrected chi connectivity index (χ2v) is 23.7. The van der Waals surface area contributed by atoms with Crippen molar-refractivity contribution in [2.45, 2.75) is 210 Å². The van der Waals surface area contributed by atoms with E-state index in [0.717, 1.165) is 5.57 Å². The van der Waals surface area contributed by atoms with Crippen molar-refractivity contribution in [3.05, 3.63) is 11.6 Å². The van der Waals surface area contributed by atoms with Gasteiger partial charge in [-0.25, -0.2) is 0 Å². The van der Waals surface area contributed by atoms with Gasteiger partial charge in [0, 0.05) is 11.3 Å². The Morgan fingerprint density at radius 3 is 1.96 bits per heavy atom. The first-order valence-corrected chi connectivity index (χ1v) is 24.5. The van der Waals surface area contributed by atoms with Crippen LogP contribution in [0.25, 0.3) is 0 Å². The number of aliphatic hydroxyl groups is 13. The van der Waals surface area contributed by atoms with Crippen molar-refractivity contribution in [2.24, 2.45) is 50.2 Å². The number of carbonyl (C=O) groups excluding carboxylic acids is 1. The minimum atomic E-state index is -1.89. The highest BCUT2D eigenvalue weighted by molar-refractivity contribution is 5.79. The van der Waals surface area contributed by atoms with Crippen LogP contribution in [-0.4, -0.2) is 203 Å². The standard InChI is InChI=1S/C48H78O20/c1-20-28(53)30(55)33(58)40(64-20)67-36-25(17-49)65-39(35(60)32(36)57)63-18-26-29(54)31(56)34(59)41(66-26)68-42(62)48-12-10-43(2,3)14-22(48)21-8-9-27-44(4)15-24(52)38(61)45(5,19-50)37(44)23(51)16-47(27,7)46(21,6)11-13-48/h8,20,22-41,49-61H,9-19H2,1-7H3/t20-,22?,23?,24?,25-,26-,27?,28+,29-,30-,31+,32-,33-,34-,35-,36-,37?,38?,39-,40-,41+,44?,45?,46?,47?,48?/m0/s1. The van der Waals surface area contributed by atoms with E-state index >= 15 is 0 Å². The van der Waals surface area contributed by atoms with E-state index in [-0.39, 0.29) is 23.7 Å². The molecule has 8 aliphatic rings. The number of allylic oxidation sites excluding steroid dienone is 2. The Balaban J connectivity index is 0.991. The third-order valence-corrected chi connectivity index (χ3v) is 19.3. The van der Waals surface area contributed by atoms with Crippen LogP contribution in [0.15, 0.2) is 11.6 Å². The molecule has 3 aliphatic heterocycles. The number of aliphatic hydroxyl groups excluding tert-OH is 13. The van der Waals surface area contributed by atoms with Gasteiger partial charge in [-0.2, -0.15) is 0 Å². The fourth-order valence-electron chi connectivity index (χ4n) is 15.1. The lowest BCUT2D eigenvalue weighted by atomic mass is 9.33. The summed E-state index contributed by atoms with van der Waals surface area (Å²) in [4.78, 5) is 15.0. The van der Waals surface area contributed by atoms with Crippen LogP contribution in [0, 0.1) is 50.2 Å². The minimum absolute atomic E-state index is 0.0494. The summed E-state index contributed by atoms with van der Waals surface area (Å²) in [7, 11) is 0. The predicted octanol–water partition coefficient (Wildman–Crippen LogP) is -1.92. The molecule has 20 nitrogen and oxygen atoms in total. The summed E-state index contributed by atoms with van der Waals surface area (Å²) < 4.78 is 34.6. The quantitative estimate of drug-likeness (QED) is 0.0885. The molecule has 13 N–H and O–H groups in total. The first-order valence-electron chi connectivity index (χ1n) is 24.5. The van der Waals surface area contributed by atoms with Gasteiger partial charge >= 0.3 is 5.97 Å². The monoisotopic (exact) mass is 975 g/mol. The van der Waals surface area contributed by atoms with Crippen LogP contribution in [0.4, 0.5) is 0 Å². The summed E-state index contributed by atoms with van der Waals surface area (Å²) in [5.41, 5.74) is -3.01. The van der Waals surface area contributed by atoms with Gasteiger partial charge in [0.1, 0.15) is 67.1 Å². The molecule has 3 heterocycles. The van der Waals surface area contributed by atoms with Crippen molar-refractivity contribution >= 4 is 5.97 Å². The van der Waals surface area contributed by atoms with E-state index in [1.807, 2.05) is 0 Å². The third-order valence-electron chi connectivity index (χ3n) is 19.3. The maximum absolute atomic E-state index is 15.0. The summed E-state index contributed by atoms with van der Waals surface area (Å²) in [6.45, 7) is 12.1. The van der Waals surface area contributed by atoms with Crippen LogP contribution < -0.4 is 0 Å². The highest BCUT2D eigenvalue weighted by Gasteiger charge is 2.73. The van der Waals surface area contributed by atoms with Crippen LogP contribution in [0.5, 0.6) is 0 Å². The van der Waals surface area contributed by atoms with Gasteiger partial charge in [-0.1, -0.05) is 53.2 Å². The van der Waals surface area contributed by atoms with E-state index in [1.165, 1.54) is 6.92 Å². The molecule has 20 heteroatoms. The van der Waals surface area contributed by atoms with Crippen LogP contribution in [0.3, 0.4) is 0 Å². The van der Waals surface area contributed by atoms with Crippen molar-refractivity contribution in [1.29, 1.82) is 0 Å². The molecular formula is C48H78O20. The molecule has 0 bridgehead atoms. The second-order valence-electron chi connectivity index (χ2n) is 23.7. The van der Waals surface area contributed by atoms with Gasteiger partial charge < -0.3 is 94.8 Å². The van der Waals surface area contributed by atoms with Crippen molar-refractivity contribution < 1.29 is 99.6 Å². The first-order chi connectivity index (χ1) is 31.7. The molecule has 8 rings (SSSR count). The van der Waals surface area contributed by atoms with E-state index in [1.54, 1.807) is 6.92 Å². The fraction of sp³-hybridized carbons (Fsp3) is 0.938. The van der Waals surface area contributed by atoms with E-state index in [4.69, 9.17) is 28.4 Å². The normalized spacial score (nSPS) is 55.7. The van der Waals surface area contributed by atoms with Gasteiger partial charge in [0.15, 0.2) is 12.6 Å². The molecule has 0 amide bonds. The van der Waals surface area contributed by atoms with Gasteiger partial charge in [0.05, 0.1) is 49.7 Å². The largest absolute Gasteiger partial charge is 0.432 e. The number of carbonyl (C=O) groups is 1. The second kappa shape index (κ2) is 18.5. The maximum Gasteiger partial charge on any atom is 0.315 e. The van der Waals surface area contributed by atoms with Crippen LogP contribution in [-0.2, 0) is 33.2 Å². The minimum Gasteiger partial charge on any atom is -0.432 e.